The quantitative estimate of drug-likeness (QED) is 0.248. The third-order valence-corrected chi connectivity index (χ3v) is 6.55. The molecule has 0 aliphatic carbocycles. The average Bonchev–Trinajstić information content (AvgIpc) is 3.28. The number of carbonyl (C=O) groups is 1. The molecule has 1 saturated heterocycles. The normalized spacial score (nSPS) is 14.7. The Balaban J connectivity index is 0.00000512. The standard InChI is InChI=1S/C27H47N3O.BrH/c1-4-5-6-7-8-9-10-11-12-13-18-24(23-30-21-16-17-22-30)28-27(31)25-19-14-15-20-26(25)29(2)3;/h14-15,19-20,24H,4-13,16-18,21-23H2,1-3H3,(H,28,31);1H. The average molecular weight is 511 g/mol. The summed E-state index contributed by atoms with van der Waals surface area (Å²) in [5, 5.41) is 3.38. The third kappa shape index (κ3) is 11.2. The molecule has 1 aromatic carbocycles. The van der Waals surface area contributed by atoms with Gasteiger partial charge in [0.05, 0.1) is 5.56 Å². The van der Waals surface area contributed by atoms with Crippen molar-refractivity contribution in [2.75, 3.05) is 38.6 Å². The van der Waals surface area contributed by atoms with Crippen LogP contribution in [-0.4, -0.2) is 50.6 Å². The molecule has 0 radical (unpaired) electrons. The van der Waals surface area contributed by atoms with Gasteiger partial charge in [0.25, 0.3) is 5.91 Å². The van der Waals surface area contributed by atoms with Gasteiger partial charge in [-0.1, -0.05) is 83.3 Å². The Hall–Kier alpha value is -1.07. The Bertz CT molecular complexity index is 617. The molecule has 0 saturated carbocycles. The first-order valence-corrected chi connectivity index (χ1v) is 12.9. The van der Waals surface area contributed by atoms with Gasteiger partial charge in [-0.2, -0.15) is 0 Å². The molecule has 0 aromatic heterocycles. The summed E-state index contributed by atoms with van der Waals surface area (Å²) in [4.78, 5) is 17.6. The van der Waals surface area contributed by atoms with Crippen LogP contribution in [0.5, 0.6) is 0 Å². The summed E-state index contributed by atoms with van der Waals surface area (Å²) in [6.07, 6.45) is 17.2. The lowest BCUT2D eigenvalue weighted by Crippen LogP contribution is -2.43. The number of nitrogens with one attached hydrogen (secondary N) is 1. The van der Waals surface area contributed by atoms with E-state index in [2.05, 4.69) is 17.1 Å². The van der Waals surface area contributed by atoms with Crippen molar-refractivity contribution in [3.05, 3.63) is 29.8 Å². The maximum Gasteiger partial charge on any atom is 0.253 e. The van der Waals surface area contributed by atoms with Crippen molar-refractivity contribution < 1.29 is 4.79 Å². The second-order valence-electron chi connectivity index (χ2n) is 9.56. The maximum absolute atomic E-state index is 13.1. The first-order valence-electron chi connectivity index (χ1n) is 12.9. The summed E-state index contributed by atoms with van der Waals surface area (Å²) in [5.74, 6) is 0.0700. The largest absolute Gasteiger partial charge is 0.377 e. The van der Waals surface area contributed by atoms with Crippen molar-refractivity contribution >= 4 is 28.6 Å². The van der Waals surface area contributed by atoms with Crippen LogP contribution in [0.25, 0.3) is 0 Å². The summed E-state index contributed by atoms with van der Waals surface area (Å²) in [7, 11) is 4.00. The van der Waals surface area contributed by atoms with Crippen LogP contribution in [0, 0.1) is 0 Å². The molecule has 1 N–H and O–H groups in total. The molecular weight excluding hydrogens is 462 g/mol. The molecule has 1 fully saturated rings. The number of halogens is 1. The van der Waals surface area contributed by atoms with Crippen molar-refractivity contribution in [3.63, 3.8) is 0 Å². The van der Waals surface area contributed by atoms with E-state index in [9.17, 15) is 4.79 Å². The van der Waals surface area contributed by atoms with Gasteiger partial charge in [-0.3, -0.25) is 4.79 Å². The fourth-order valence-corrected chi connectivity index (χ4v) is 4.68. The summed E-state index contributed by atoms with van der Waals surface area (Å²) in [5.41, 5.74) is 1.76. The molecule has 0 bridgehead atoms. The Labute approximate surface area is 208 Å². The molecule has 5 heteroatoms. The Morgan fingerprint density at radius 2 is 1.50 bits per heavy atom. The third-order valence-electron chi connectivity index (χ3n) is 6.55. The number of benzene rings is 1. The van der Waals surface area contributed by atoms with E-state index in [0.29, 0.717) is 0 Å². The highest BCUT2D eigenvalue weighted by atomic mass is 79.9. The van der Waals surface area contributed by atoms with E-state index >= 15 is 0 Å². The first-order chi connectivity index (χ1) is 15.1. The van der Waals surface area contributed by atoms with Crippen molar-refractivity contribution in [1.29, 1.82) is 0 Å². The molecule has 1 heterocycles. The monoisotopic (exact) mass is 509 g/mol. The van der Waals surface area contributed by atoms with E-state index < -0.39 is 0 Å². The Morgan fingerprint density at radius 1 is 0.938 bits per heavy atom. The van der Waals surface area contributed by atoms with Crippen LogP contribution in [0.2, 0.25) is 0 Å². The van der Waals surface area contributed by atoms with E-state index in [4.69, 9.17) is 0 Å². The molecular formula is C27H48BrN3O. The van der Waals surface area contributed by atoms with Gasteiger partial charge in [0.1, 0.15) is 0 Å². The Kier molecular flexibility index (Phi) is 15.8. The molecule has 1 atom stereocenters. The fraction of sp³-hybridized carbons (Fsp3) is 0.741. The number of hydrogen-bond acceptors (Lipinski definition) is 3. The topological polar surface area (TPSA) is 35.6 Å². The van der Waals surface area contributed by atoms with Gasteiger partial charge in [0.15, 0.2) is 0 Å². The van der Waals surface area contributed by atoms with Crippen LogP contribution in [0.15, 0.2) is 24.3 Å². The summed E-state index contributed by atoms with van der Waals surface area (Å²) in [6.45, 7) is 5.63. The number of hydrogen-bond donors (Lipinski definition) is 1. The highest BCUT2D eigenvalue weighted by Gasteiger charge is 2.21. The van der Waals surface area contributed by atoms with Crippen molar-refractivity contribution in [1.82, 2.24) is 10.2 Å². The van der Waals surface area contributed by atoms with Crippen molar-refractivity contribution in [2.24, 2.45) is 0 Å². The van der Waals surface area contributed by atoms with Crippen molar-refractivity contribution in [3.8, 4) is 0 Å². The van der Waals surface area contributed by atoms with Gasteiger partial charge in [-0.05, 0) is 44.5 Å². The SMILES string of the molecule is Br.CCCCCCCCCCCCC(CN1CCCC1)NC(=O)c1ccccc1N(C)C. The number of nitrogens with zero attached hydrogens (tertiary/aromatic N) is 2. The fourth-order valence-electron chi connectivity index (χ4n) is 4.68. The summed E-state index contributed by atoms with van der Waals surface area (Å²) in [6, 6.07) is 8.16. The van der Waals surface area contributed by atoms with Gasteiger partial charge in [0.2, 0.25) is 0 Å². The molecule has 1 amide bonds. The number of unbranched alkanes of at least 4 members (excludes halogenated alkanes) is 9. The highest BCUT2D eigenvalue weighted by Crippen LogP contribution is 2.19. The maximum atomic E-state index is 13.1. The van der Waals surface area contributed by atoms with E-state index in [0.717, 1.165) is 24.2 Å². The van der Waals surface area contributed by atoms with Gasteiger partial charge in [-0.15, -0.1) is 17.0 Å². The zero-order chi connectivity index (χ0) is 22.3. The minimum atomic E-state index is 0. The molecule has 184 valence electrons. The number of carbonyl (C=O) groups excluding carboxylic acids is 1. The molecule has 4 nitrogen and oxygen atoms in total. The van der Waals surface area contributed by atoms with Gasteiger partial charge in [0, 0.05) is 32.4 Å². The van der Waals surface area contributed by atoms with E-state index in [1.165, 1.54) is 90.1 Å². The van der Waals surface area contributed by atoms with Gasteiger partial charge >= 0.3 is 0 Å². The zero-order valence-corrected chi connectivity index (χ0v) is 22.6. The smallest absolute Gasteiger partial charge is 0.253 e. The predicted molar refractivity (Wildman–Crippen MR) is 144 cm³/mol. The number of amides is 1. The second-order valence-corrected chi connectivity index (χ2v) is 9.56. The van der Waals surface area contributed by atoms with E-state index in [1.807, 2.05) is 43.3 Å². The van der Waals surface area contributed by atoms with Crippen LogP contribution in [0.3, 0.4) is 0 Å². The predicted octanol–water partition coefficient (Wildman–Crippen LogP) is 6.84. The van der Waals surface area contributed by atoms with Crippen LogP contribution in [0.4, 0.5) is 5.69 Å². The van der Waals surface area contributed by atoms with Crippen molar-refractivity contribution in [2.45, 2.75) is 96.4 Å². The second kappa shape index (κ2) is 17.4. The van der Waals surface area contributed by atoms with Crippen LogP contribution < -0.4 is 10.2 Å². The van der Waals surface area contributed by atoms with Crippen LogP contribution in [-0.2, 0) is 0 Å². The lowest BCUT2D eigenvalue weighted by Gasteiger charge is -2.25. The Morgan fingerprint density at radius 3 is 2.09 bits per heavy atom. The zero-order valence-electron chi connectivity index (χ0n) is 20.9. The van der Waals surface area contributed by atoms with E-state index in [1.54, 1.807) is 0 Å². The molecule has 2 rings (SSSR count). The van der Waals surface area contributed by atoms with Gasteiger partial charge < -0.3 is 15.1 Å². The minimum absolute atomic E-state index is 0. The molecule has 32 heavy (non-hydrogen) atoms. The number of para-hydroxylation sites is 1. The summed E-state index contributed by atoms with van der Waals surface area (Å²) < 4.78 is 0. The first kappa shape index (κ1) is 29.0. The molecule has 1 aliphatic rings. The molecule has 1 aromatic rings. The summed E-state index contributed by atoms with van der Waals surface area (Å²) >= 11 is 0. The highest BCUT2D eigenvalue weighted by molar-refractivity contribution is 8.93. The lowest BCUT2D eigenvalue weighted by atomic mass is 10.0. The van der Waals surface area contributed by atoms with E-state index in [-0.39, 0.29) is 28.9 Å². The molecule has 1 aliphatic heterocycles. The van der Waals surface area contributed by atoms with Gasteiger partial charge in [-0.25, -0.2) is 0 Å². The number of likely N-dealkylation sites (tertiary alicyclic amines) is 1. The number of anilines is 1. The lowest BCUT2D eigenvalue weighted by molar-refractivity contribution is 0.0924. The minimum Gasteiger partial charge on any atom is -0.377 e. The molecule has 1 unspecified atom stereocenters. The van der Waals surface area contributed by atoms with Crippen LogP contribution >= 0.6 is 17.0 Å². The molecule has 0 spiro atoms. The van der Waals surface area contributed by atoms with Crippen LogP contribution in [0.1, 0.15) is 101 Å². The number of rotatable bonds is 16.